The van der Waals surface area contributed by atoms with Gasteiger partial charge in [0.05, 0.1) is 6.20 Å². The Morgan fingerprint density at radius 1 is 1.04 bits per heavy atom. The van der Waals surface area contributed by atoms with E-state index in [-0.39, 0.29) is 5.91 Å². The fourth-order valence-corrected chi connectivity index (χ4v) is 3.87. The molecule has 1 aliphatic rings. The van der Waals surface area contributed by atoms with Crippen LogP contribution in [-0.4, -0.2) is 51.6 Å². The van der Waals surface area contributed by atoms with Crippen molar-refractivity contribution in [1.82, 2.24) is 19.5 Å². The molecule has 0 aliphatic carbocycles. The van der Waals surface area contributed by atoms with Gasteiger partial charge in [0, 0.05) is 43.3 Å². The Labute approximate surface area is 159 Å². The standard InChI is InChI=1S/C21H25N5O/c1-15-7-4-5-8-19(15)24-9-6-10-25(12-11-24)21(27)18-14-22-26-17(3)13-16(2)23-20(18)26/h4-5,7-8,13-14H,6,9-12H2,1-3H3. The highest BCUT2D eigenvalue weighted by atomic mass is 16.2. The molecular weight excluding hydrogens is 338 g/mol. The quantitative estimate of drug-likeness (QED) is 0.702. The zero-order valence-electron chi connectivity index (χ0n) is 16.1. The molecule has 0 radical (unpaired) electrons. The molecule has 6 nitrogen and oxygen atoms in total. The summed E-state index contributed by atoms with van der Waals surface area (Å²) < 4.78 is 1.75. The van der Waals surface area contributed by atoms with Gasteiger partial charge in [-0.3, -0.25) is 4.79 Å². The van der Waals surface area contributed by atoms with Crippen molar-refractivity contribution in [2.45, 2.75) is 27.2 Å². The van der Waals surface area contributed by atoms with Gasteiger partial charge in [-0.1, -0.05) is 18.2 Å². The van der Waals surface area contributed by atoms with E-state index in [1.165, 1.54) is 11.3 Å². The number of carbonyl (C=O) groups is 1. The number of para-hydroxylation sites is 1. The number of fused-ring (bicyclic) bond motifs is 1. The molecule has 0 unspecified atom stereocenters. The third-order valence-corrected chi connectivity index (χ3v) is 5.25. The van der Waals surface area contributed by atoms with E-state index in [1.807, 2.05) is 24.8 Å². The van der Waals surface area contributed by atoms with E-state index in [0.717, 1.165) is 37.4 Å². The Bertz CT molecular complexity index is 993. The molecule has 2 aromatic heterocycles. The number of anilines is 1. The lowest BCUT2D eigenvalue weighted by atomic mass is 10.2. The Kier molecular flexibility index (Phi) is 4.56. The maximum Gasteiger partial charge on any atom is 0.259 e. The molecule has 1 aromatic carbocycles. The van der Waals surface area contributed by atoms with E-state index in [4.69, 9.17) is 0 Å². The van der Waals surface area contributed by atoms with E-state index >= 15 is 0 Å². The van der Waals surface area contributed by atoms with Gasteiger partial charge in [-0.2, -0.15) is 5.10 Å². The Morgan fingerprint density at radius 2 is 1.85 bits per heavy atom. The number of aromatic nitrogens is 3. The van der Waals surface area contributed by atoms with E-state index in [2.05, 4.69) is 46.2 Å². The van der Waals surface area contributed by atoms with Crippen LogP contribution >= 0.6 is 0 Å². The first-order chi connectivity index (χ1) is 13.0. The number of hydrogen-bond donors (Lipinski definition) is 0. The zero-order chi connectivity index (χ0) is 19.0. The fourth-order valence-electron chi connectivity index (χ4n) is 3.87. The molecule has 1 saturated heterocycles. The smallest absolute Gasteiger partial charge is 0.259 e. The average Bonchev–Trinajstić information content (AvgIpc) is 2.91. The lowest BCUT2D eigenvalue weighted by molar-refractivity contribution is 0.0768. The first-order valence-electron chi connectivity index (χ1n) is 9.46. The van der Waals surface area contributed by atoms with E-state index in [1.54, 1.807) is 10.7 Å². The summed E-state index contributed by atoms with van der Waals surface area (Å²) in [6.45, 7) is 9.31. The van der Waals surface area contributed by atoms with Gasteiger partial charge in [0.2, 0.25) is 0 Å². The van der Waals surface area contributed by atoms with E-state index in [9.17, 15) is 4.79 Å². The van der Waals surface area contributed by atoms with Gasteiger partial charge in [0.15, 0.2) is 5.65 Å². The molecule has 140 valence electrons. The zero-order valence-corrected chi connectivity index (χ0v) is 16.1. The van der Waals surface area contributed by atoms with Gasteiger partial charge in [0.25, 0.3) is 5.91 Å². The number of aryl methyl sites for hydroxylation is 3. The summed E-state index contributed by atoms with van der Waals surface area (Å²) in [6.07, 6.45) is 2.60. The number of rotatable bonds is 2. The maximum atomic E-state index is 13.2. The number of hydrogen-bond acceptors (Lipinski definition) is 4. The van der Waals surface area contributed by atoms with Crippen LogP contribution in [0.5, 0.6) is 0 Å². The van der Waals surface area contributed by atoms with Gasteiger partial charge < -0.3 is 9.80 Å². The topological polar surface area (TPSA) is 53.7 Å². The number of nitrogens with zero attached hydrogens (tertiary/aromatic N) is 5. The van der Waals surface area contributed by atoms with Crippen LogP contribution in [0.25, 0.3) is 5.65 Å². The molecule has 3 aromatic rings. The molecule has 0 atom stereocenters. The molecule has 0 saturated carbocycles. The summed E-state index contributed by atoms with van der Waals surface area (Å²) in [4.78, 5) is 22.0. The van der Waals surface area contributed by atoms with Gasteiger partial charge in [-0.05, 0) is 44.9 Å². The molecule has 6 heteroatoms. The molecule has 27 heavy (non-hydrogen) atoms. The summed E-state index contributed by atoms with van der Waals surface area (Å²) in [5.41, 5.74) is 5.66. The van der Waals surface area contributed by atoms with Gasteiger partial charge >= 0.3 is 0 Å². The van der Waals surface area contributed by atoms with Crippen molar-refractivity contribution < 1.29 is 4.79 Å². The third kappa shape index (κ3) is 3.27. The largest absolute Gasteiger partial charge is 0.369 e. The summed E-state index contributed by atoms with van der Waals surface area (Å²) in [6, 6.07) is 10.4. The highest BCUT2D eigenvalue weighted by molar-refractivity contribution is 5.99. The van der Waals surface area contributed by atoms with Gasteiger partial charge in [0.1, 0.15) is 5.56 Å². The predicted molar refractivity (Wildman–Crippen MR) is 106 cm³/mol. The molecule has 1 amide bonds. The first kappa shape index (κ1) is 17.5. The molecule has 4 rings (SSSR count). The highest BCUT2D eigenvalue weighted by Crippen LogP contribution is 2.22. The monoisotopic (exact) mass is 363 g/mol. The van der Waals surface area contributed by atoms with Crippen molar-refractivity contribution in [1.29, 1.82) is 0 Å². The maximum absolute atomic E-state index is 13.2. The summed E-state index contributed by atoms with van der Waals surface area (Å²) in [7, 11) is 0. The van der Waals surface area contributed by atoms with Crippen LogP contribution in [0.3, 0.4) is 0 Å². The van der Waals surface area contributed by atoms with Crippen molar-refractivity contribution in [2.24, 2.45) is 0 Å². The highest BCUT2D eigenvalue weighted by Gasteiger charge is 2.24. The normalized spacial score (nSPS) is 15.2. The van der Waals surface area contributed by atoms with Crippen LogP contribution in [-0.2, 0) is 0 Å². The van der Waals surface area contributed by atoms with Crippen LogP contribution in [0.1, 0.15) is 33.7 Å². The minimum absolute atomic E-state index is 0.0223. The molecule has 0 spiro atoms. The Hall–Kier alpha value is -2.89. The van der Waals surface area contributed by atoms with Crippen LogP contribution in [0.4, 0.5) is 5.69 Å². The second kappa shape index (κ2) is 7.02. The van der Waals surface area contributed by atoms with Crippen LogP contribution in [0.15, 0.2) is 36.5 Å². The first-order valence-corrected chi connectivity index (χ1v) is 9.46. The van der Waals surface area contributed by atoms with E-state index in [0.29, 0.717) is 17.8 Å². The second-order valence-corrected chi connectivity index (χ2v) is 7.25. The summed E-state index contributed by atoms with van der Waals surface area (Å²) in [5.74, 6) is 0.0223. The lowest BCUT2D eigenvalue weighted by Gasteiger charge is -2.25. The minimum atomic E-state index is 0.0223. The summed E-state index contributed by atoms with van der Waals surface area (Å²) in [5, 5.41) is 4.37. The van der Waals surface area contributed by atoms with Crippen molar-refractivity contribution in [2.75, 3.05) is 31.1 Å². The van der Waals surface area contributed by atoms with Crippen molar-refractivity contribution in [3.8, 4) is 0 Å². The second-order valence-electron chi connectivity index (χ2n) is 7.25. The molecule has 0 N–H and O–H groups in total. The van der Waals surface area contributed by atoms with Gasteiger partial charge in [-0.15, -0.1) is 0 Å². The lowest BCUT2D eigenvalue weighted by Crippen LogP contribution is -2.35. The molecule has 3 heterocycles. The predicted octanol–water partition coefficient (Wildman–Crippen LogP) is 3.01. The number of amides is 1. The van der Waals surface area contributed by atoms with Crippen molar-refractivity contribution in [3.05, 3.63) is 59.0 Å². The fraction of sp³-hybridized carbons (Fsp3) is 0.381. The van der Waals surface area contributed by atoms with Crippen LogP contribution in [0.2, 0.25) is 0 Å². The summed E-state index contributed by atoms with van der Waals surface area (Å²) >= 11 is 0. The molecular formula is C21H25N5O. The molecule has 0 bridgehead atoms. The van der Waals surface area contributed by atoms with Crippen LogP contribution in [0, 0.1) is 20.8 Å². The van der Waals surface area contributed by atoms with Crippen molar-refractivity contribution >= 4 is 17.2 Å². The number of benzene rings is 1. The SMILES string of the molecule is Cc1cc(C)n2ncc(C(=O)N3CCCN(c4ccccc4C)CC3)c2n1. The van der Waals surface area contributed by atoms with Crippen LogP contribution < -0.4 is 4.90 Å². The van der Waals surface area contributed by atoms with Crippen molar-refractivity contribution in [3.63, 3.8) is 0 Å². The Balaban J connectivity index is 1.56. The van der Waals surface area contributed by atoms with Gasteiger partial charge in [-0.25, -0.2) is 9.50 Å². The Morgan fingerprint density at radius 3 is 2.67 bits per heavy atom. The van der Waals surface area contributed by atoms with E-state index < -0.39 is 0 Å². The third-order valence-electron chi connectivity index (χ3n) is 5.25. The molecule has 1 aliphatic heterocycles. The average molecular weight is 363 g/mol. The number of carbonyl (C=O) groups excluding carboxylic acids is 1. The minimum Gasteiger partial charge on any atom is -0.369 e. The molecule has 1 fully saturated rings.